The maximum Gasteiger partial charge on any atom is 0.163 e. The summed E-state index contributed by atoms with van der Waals surface area (Å²) in [5.41, 5.74) is 6.62. The van der Waals surface area contributed by atoms with Gasteiger partial charge in [-0.15, -0.1) is 0 Å². The normalized spacial score (nSPS) is 12.4. The summed E-state index contributed by atoms with van der Waals surface area (Å²) in [7, 11) is 0. The maximum absolute atomic E-state index is 13.5. The Morgan fingerprint density at radius 2 is 1.94 bits per heavy atom. The van der Waals surface area contributed by atoms with Crippen LogP contribution in [0.1, 0.15) is 17.2 Å². The van der Waals surface area contributed by atoms with Crippen LogP contribution in [0.3, 0.4) is 0 Å². The standard InChI is InChI=1S/C12H10F2N2/c13-10-5-1-4-9(11(10)14)12(15)8-3-2-6-16-7-8/h1-7,12H,15H2. The molecule has 2 N–H and O–H groups in total. The zero-order valence-electron chi connectivity index (χ0n) is 8.40. The van der Waals surface area contributed by atoms with E-state index in [9.17, 15) is 8.78 Å². The Balaban J connectivity index is 2.42. The number of pyridine rings is 1. The van der Waals surface area contributed by atoms with Crippen LogP contribution in [-0.4, -0.2) is 4.98 Å². The van der Waals surface area contributed by atoms with Gasteiger partial charge in [-0.05, 0) is 17.7 Å². The quantitative estimate of drug-likeness (QED) is 0.844. The van der Waals surface area contributed by atoms with Crippen molar-refractivity contribution < 1.29 is 8.78 Å². The molecule has 1 atom stereocenters. The van der Waals surface area contributed by atoms with E-state index in [4.69, 9.17) is 5.73 Å². The minimum absolute atomic E-state index is 0.132. The molecule has 82 valence electrons. The van der Waals surface area contributed by atoms with Crippen molar-refractivity contribution in [1.82, 2.24) is 4.98 Å². The molecule has 1 aromatic carbocycles. The second kappa shape index (κ2) is 4.37. The first-order valence-electron chi connectivity index (χ1n) is 4.79. The molecule has 0 aliphatic heterocycles. The lowest BCUT2D eigenvalue weighted by atomic mass is 10.0. The number of halogens is 2. The number of hydrogen-bond acceptors (Lipinski definition) is 2. The minimum Gasteiger partial charge on any atom is -0.320 e. The van der Waals surface area contributed by atoms with Crippen LogP contribution in [0.5, 0.6) is 0 Å². The van der Waals surface area contributed by atoms with Crippen molar-refractivity contribution in [3.05, 3.63) is 65.5 Å². The van der Waals surface area contributed by atoms with Crippen LogP contribution >= 0.6 is 0 Å². The zero-order chi connectivity index (χ0) is 11.5. The number of rotatable bonds is 2. The maximum atomic E-state index is 13.5. The lowest BCUT2D eigenvalue weighted by molar-refractivity contribution is 0.494. The summed E-state index contributed by atoms with van der Waals surface area (Å²) in [4.78, 5) is 3.89. The van der Waals surface area contributed by atoms with Gasteiger partial charge in [0.05, 0.1) is 6.04 Å². The molecule has 2 rings (SSSR count). The molecule has 1 aromatic heterocycles. The van der Waals surface area contributed by atoms with Crippen molar-refractivity contribution in [2.75, 3.05) is 0 Å². The first kappa shape index (κ1) is 10.7. The summed E-state index contributed by atoms with van der Waals surface area (Å²) in [6, 6.07) is 6.69. The second-order valence-corrected chi connectivity index (χ2v) is 3.41. The Kier molecular flexibility index (Phi) is 2.92. The van der Waals surface area contributed by atoms with Crippen molar-refractivity contribution >= 4 is 0 Å². The van der Waals surface area contributed by atoms with Crippen LogP contribution in [0.2, 0.25) is 0 Å². The molecular formula is C12H10F2N2. The van der Waals surface area contributed by atoms with Crippen LogP contribution in [-0.2, 0) is 0 Å². The van der Waals surface area contributed by atoms with Gasteiger partial charge < -0.3 is 5.73 Å². The molecule has 0 saturated carbocycles. The highest BCUT2D eigenvalue weighted by Gasteiger charge is 2.15. The van der Waals surface area contributed by atoms with Crippen molar-refractivity contribution in [3.8, 4) is 0 Å². The van der Waals surface area contributed by atoms with Gasteiger partial charge in [-0.3, -0.25) is 4.98 Å². The van der Waals surface area contributed by atoms with Crippen LogP contribution in [0.15, 0.2) is 42.7 Å². The van der Waals surface area contributed by atoms with E-state index in [0.29, 0.717) is 5.56 Å². The van der Waals surface area contributed by atoms with Gasteiger partial charge in [0.1, 0.15) is 0 Å². The first-order valence-corrected chi connectivity index (χ1v) is 4.79. The average Bonchev–Trinajstić information content (AvgIpc) is 2.33. The molecule has 2 nitrogen and oxygen atoms in total. The summed E-state index contributed by atoms with van der Waals surface area (Å²) in [6.07, 6.45) is 3.13. The predicted octanol–water partition coefficient (Wildman–Crippen LogP) is 2.41. The fourth-order valence-corrected chi connectivity index (χ4v) is 1.50. The monoisotopic (exact) mass is 220 g/mol. The predicted molar refractivity (Wildman–Crippen MR) is 56.6 cm³/mol. The summed E-state index contributed by atoms with van der Waals surface area (Å²) in [5.74, 6) is -1.80. The SMILES string of the molecule is NC(c1cccnc1)c1cccc(F)c1F. The molecule has 1 heterocycles. The lowest BCUT2D eigenvalue weighted by Crippen LogP contribution is -2.14. The van der Waals surface area contributed by atoms with Crippen molar-refractivity contribution in [2.45, 2.75) is 6.04 Å². The molecule has 1 unspecified atom stereocenters. The summed E-state index contributed by atoms with van der Waals surface area (Å²) >= 11 is 0. The van der Waals surface area contributed by atoms with Crippen molar-refractivity contribution in [1.29, 1.82) is 0 Å². The third kappa shape index (κ3) is 1.92. The third-order valence-electron chi connectivity index (χ3n) is 2.36. The van der Waals surface area contributed by atoms with Gasteiger partial charge in [0.25, 0.3) is 0 Å². The van der Waals surface area contributed by atoms with E-state index in [1.807, 2.05) is 0 Å². The number of hydrogen-bond donors (Lipinski definition) is 1. The minimum atomic E-state index is -0.904. The van der Waals surface area contributed by atoms with Crippen molar-refractivity contribution in [3.63, 3.8) is 0 Å². The Morgan fingerprint density at radius 1 is 1.12 bits per heavy atom. The third-order valence-corrected chi connectivity index (χ3v) is 2.36. The van der Waals surface area contributed by atoms with Gasteiger partial charge in [-0.25, -0.2) is 8.78 Å². The average molecular weight is 220 g/mol. The molecule has 4 heteroatoms. The van der Waals surface area contributed by atoms with Crippen LogP contribution in [0, 0.1) is 11.6 Å². The van der Waals surface area contributed by atoms with Crippen LogP contribution in [0.4, 0.5) is 8.78 Å². The molecule has 0 amide bonds. The van der Waals surface area contributed by atoms with E-state index in [1.54, 1.807) is 18.3 Å². The van der Waals surface area contributed by atoms with E-state index in [1.165, 1.54) is 18.3 Å². The molecule has 2 aromatic rings. The number of benzene rings is 1. The first-order chi connectivity index (χ1) is 7.70. The van der Waals surface area contributed by atoms with Gasteiger partial charge in [-0.1, -0.05) is 18.2 Å². The van der Waals surface area contributed by atoms with E-state index in [-0.39, 0.29) is 5.56 Å². The number of nitrogens with zero attached hydrogens (tertiary/aromatic N) is 1. The summed E-state index contributed by atoms with van der Waals surface area (Å²) in [5, 5.41) is 0. The van der Waals surface area contributed by atoms with Gasteiger partial charge in [0, 0.05) is 18.0 Å². The molecule has 0 radical (unpaired) electrons. The molecule has 0 fully saturated rings. The van der Waals surface area contributed by atoms with Gasteiger partial charge in [0.15, 0.2) is 11.6 Å². The van der Waals surface area contributed by atoms with E-state index in [0.717, 1.165) is 6.07 Å². The van der Waals surface area contributed by atoms with Crippen molar-refractivity contribution in [2.24, 2.45) is 5.73 Å². The Hall–Kier alpha value is -1.81. The highest BCUT2D eigenvalue weighted by atomic mass is 19.2. The summed E-state index contributed by atoms with van der Waals surface area (Å²) < 4.78 is 26.5. The number of aromatic nitrogens is 1. The lowest BCUT2D eigenvalue weighted by Gasteiger charge is -2.12. The van der Waals surface area contributed by atoms with Gasteiger partial charge in [-0.2, -0.15) is 0 Å². The highest BCUT2D eigenvalue weighted by molar-refractivity contribution is 5.30. The van der Waals surface area contributed by atoms with Gasteiger partial charge in [0.2, 0.25) is 0 Å². The van der Waals surface area contributed by atoms with Gasteiger partial charge >= 0.3 is 0 Å². The van der Waals surface area contributed by atoms with Crippen LogP contribution in [0.25, 0.3) is 0 Å². The molecule has 0 aliphatic rings. The Bertz CT molecular complexity index is 486. The van der Waals surface area contributed by atoms with E-state index >= 15 is 0 Å². The molecule has 16 heavy (non-hydrogen) atoms. The largest absolute Gasteiger partial charge is 0.320 e. The molecule has 0 spiro atoms. The highest BCUT2D eigenvalue weighted by Crippen LogP contribution is 2.22. The zero-order valence-corrected chi connectivity index (χ0v) is 8.40. The Labute approximate surface area is 91.7 Å². The van der Waals surface area contributed by atoms with E-state index < -0.39 is 17.7 Å². The van der Waals surface area contributed by atoms with E-state index in [2.05, 4.69) is 4.98 Å². The topological polar surface area (TPSA) is 38.9 Å². The fourth-order valence-electron chi connectivity index (χ4n) is 1.50. The summed E-state index contributed by atoms with van der Waals surface area (Å²) in [6.45, 7) is 0. The molecular weight excluding hydrogens is 210 g/mol. The molecule has 0 saturated heterocycles. The smallest absolute Gasteiger partial charge is 0.163 e. The number of nitrogens with two attached hydrogens (primary N) is 1. The van der Waals surface area contributed by atoms with Crippen LogP contribution < -0.4 is 5.73 Å². The second-order valence-electron chi connectivity index (χ2n) is 3.41. The molecule has 0 bridgehead atoms. The fraction of sp³-hybridized carbons (Fsp3) is 0.0833. The molecule has 0 aliphatic carbocycles. The Morgan fingerprint density at radius 3 is 2.62 bits per heavy atom.